The number of allylic oxidation sites excluding steroid dienone is 4. The van der Waals surface area contributed by atoms with Gasteiger partial charge in [0.05, 0.1) is 12.7 Å². The number of urea groups is 1. The largest absolute Gasteiger partial charge is 0.534 e. The van der Waals surface area contributed by atoms with E-state index < -0.39 is 34.0 Å². The van der Waals surface area contributed by atoms with E-state index >= 15 is 0 Å². The summed E-state index contributed by atoms with van der Waals surface area (Å²) in [6.45, 7) is -0.477. The van der Waals surface area contributed by atoms with Gasteiger partial charge in [-0.05, 0) is 24.5 Å². The first-order valence-corrected chi connectivity index (χ1v) is 9.26. The predicted molar refractivity (Wildman–Crippen MR) is 87.7 cm³/mol. The van der Waals surface area contributed by atoms with Crippen molar-refractivity contribution < 1.29 is 35.3 Å². The number of alkyl halides is 3. The molecule has 27 heavy (non-hydrogen) atoms. The number of nitrogens with zero attached hydrogens (tertiary/aromatic N) is 2. The van der Waals surface area contributed by atoms with E-state index in [1.54, 1.807) is 0 Å². The fourth-order valence-electron chi connectivity index (χ4n) is 2.54. The highest BCUT2D eigenvalue weighted by molar-refractivity contribution is 7.87. The average Bonchev–Trinajstić information content (AvgIpc) is 3.09. The van der Waals surface area contributed by atoms with Crippen LogP contribution < -0.4 is 0 Å². The molecule has 0 radical (unpaired) electrons. The Kier molecular flexibility index (Phi) is 5.05. The van der Waals surface area contributed by atoms with Gasteiger partial charge in [0.25, 0.3) is 0 Å². The lowest BCUT2D eigenvalue weighted by molar-refractivity contribution is -0.0522. The molecule has 3 rings (SSSR count). The van der Waals surface area contributed by atoms with Crippen molar-refractivity contribution in [3.8, 4) is 0 Å². The van der Waals surface area contributed by atoms with Crippen LogP contribution in [0.5, 0.6) is 0 Å². The van der Waals surface area contributed by atoms with E-state index in [4.69, 9.17) is 4.74 Å². The lowest BCUT2D eigenvalue weighted by atomic mass is 10.0. The molecule has 0 aromatic carbocycles. The molecule has 0 unspecified atom stereocenters. The van der Waals surface area contributed by atoms with E-state index in [-0.39, 0.29) is 6.54 Å². The molecule has 0 bridgehead atoms. The highest BCUT2D eigenvalue weighted by Gasteiger charge is 2.49. The Labute approximate surface area is 153 Å². The third kappa shape index (κ3) is 4.18. The Bertz CT molecular complexity index is 884. The average molecular weight is 404 g/mol. The minimum atomic E-state index is -5.76. The summed E-state index contributed by atoms with van der Waals surface area (Å²) in [4.78, 5) is 14.9. The molecule has 0 aromatic rings. The van der Waals surface area contributed by atoms with Gasteiger partial charge in [-0.1, -0.05) is 18.2 Å². The first kappa shape index (κ1) is 19.1. The smallest absolute Gasteiger partial charge is 0.462 e. The first-order chi connectivity index (χ1) is 12.7. The van der Waals surface area contributed by atoms with Gasteiger partial charge in [0.1, 0.15) is 17.8 Å². The maximum Gasteiger partial charge on any atom is 0.534 e. The van der Waals surface area contributed by atoms with E-state index in [1.807, 2.05) is 18.2 Å². The molecular formula is C16H15F3N2O5S. The molecule has 2 heterocycles. The second-order valence-electron chi connectivity index (χ2n) is 5.78. The van der Waals surface area contributed by atoms with Crippen LogP contribution in [0.1, 0.15) is 12.8 Å². The Morgan fingerprint density at radius 1 is 1.30 bits per heavy atom. The molecule has 1 aliphatic carbocycles. The van der Waals surface area contributed by atoms with Crippen molar-refractivity contribution in [1.82, 2.24) is 9.80 Å². The Hall–Kier alpha value is -2.69. The van der Waals surface area contributed by atoms with Gasteiger partial charge in [-0.3, -0.25) is 4.90 Å². The number of halogens is 3. The van der Waals surface area contributed by atoms with Crippen LogP contribution in [0.25, 0.3) is 0 Å². The molecule has 11 heteroatoms. The Morgan fingerprint density at radius 3 is 2.74 bits per heavy atom. The van der Waals surface area contributed by atoms with E-state index in [1.165, 1.54) is 23.6 Å². The minimum absolute atomic E-state index is 0.0820. The molecule has 7 nitrogen and oxygen atoms in total. The van der Waals surface area contributed by atoms with Crippen molar-refractivity contribution in [2.24, 2.45) is 0 Å². The van der Waals surface area contributed by atoms with Gasteiger partial charge in [-0.2, -0.15) is 21.6 Å². The molecule has 146 valence electrons. The van der Waals surface area contributed by atoms with E-state index in [0.29, 0.717) is 5.76 Å². The highest BCUT2D eigenvalue weighted by atomic mass is 32.2. The molecule has 0 fully saturated rings. The SMILES string of the molecule is O=C(N1C=COC(C2=CC=CCC2)=C1)N1CC=C(OS(=O)(=O)C(F)(F)F)C1. The number of hydrogen-bond acceptors (Lipinski definition) is 5. The summed E-state index contributed by atoms with van der Waals surface area (Å²) in [6, 6.07) is -0.557. The number of carbonyl (C=O) groups is 1. The van der Waals surface area contributed by atoms with Crippen LogP contribution in [0.3, 0.4) is 0 Å². The predicted octanol–water partition coefficient (Wildman–Crippen LogP) is 3.09. The topological polar surface area (TPSA) is 76.2 Å². The number of ether oxygens (including phenoxy) is 1. The van der Waals surface area contributed by atoms with Crippen LogP contribution in [-0.2, 0) is 19.0 Å². The van der Waals surface area contributed by atoms with Crippen LogP contribution in [0.4, 0.5) is 18.0 Å². The fourth-order valence-corrected chi connectivity index (χ4v) is 3.04. The van der Waals surface area contributed by atoms with Gasteiger partial charge < -0.3 is 13.8 Å². The third-order valence-corrected chi connectivity index (χ3v) is 4.88. The van der Waals surface area contributed by atoms with Crippen LogP contribution in [0.2, 0.25) is 0 Å². The zero-order valence-electron chi connectivity index (χ0n) is 13.8. The van der Waals surface area contributed by atoms with Crippen LogP contribution in [-0.4, -0.2) is 42.8 Å². The molecule has 0 N–H and O–H groups in total. The van der Waals surface area contributed by atoms with E-state index in [0.717, 1.165) is 29.4 Å². The molecule has 0 spiro atoms. The highest BCUT2D eigenvalue weighted by Crippen LogP contribution is 2.29. The van der Waals surface area contributed by atoms with Crippen molar-refractivity contribution >= 4 is 16.1 Å². The van der Waals surface area contributed by atoms with Crippen LogP contribution in [0, 0.1) is 0 Å². The standard InChI is InChI=1S/C16H15F3N2O5S/c17-16(18,19)27(23,24)26-13-6-7-20(10-13)15(22)21-8-9-25-14(11-21)12-4-2-1-3-5-12/h1-2,4,6,8-9,11H,3,5,7,10H2. The van der Waals surface area contributed by atoms with Crippen molar-refractivity contribution in [2.75, 3.05) is 13.1 Å². The van der Waals surface area contributed by atoms with Crippen LogP contribution >= 0.6 is 0 Å². The van der Waals surface area contributed by atoms with Crippen LogP contribution in [0.15, 0.2) is 60.1 Å². The van der Waals surface area contributed by atoms with Crippen molar-refractivity contribution in [1.29, 1.82) is 0 Å². The Morgan fingerprint density at radius 2 is 2.07 bits per heavy atom. The lowest BCUT2D eigenvalue weighted by Crippen LogP contribution is -2.38. The fraction of sp³-hybridized carbons (Fsp3) is 0.312. The molecular weight excluding hydrogens is 389 g/mol. The second-order valence-corrected chi connectivity index (χ2v) is 7.32. The van der Waals surface area contributed by atoms with Crippen molar-refractivity contribution in [3.63, 3.8) is 0 Å². The normalized spacial score (nSPS) is 20.0. The summed E-state index contributed by atoms with van der Waals surface area (Å²) in [7, 11) is -5.76. The molecule has 0 aromatic heterocycles. The second kappa shape index (κ2) is 7.14. The molecule has 0 saturated carbocycles. The molecule has 0 atom stereocenters. The van der Waals surface area contributed by atoms with Crippen molar-refractivity contribution in [3.05, 3.63) is 60.1 Å². The number of hydrogen-bond donors (Lipinski definition) is 0. The van der Waals surface area contributed by atoms with Gasteiger partial charge in [0.15, 0.2) is 0 Å². The monoisotopic (exact) mass is 404 g/mol. The maximum atomic E-state index is 12.5. The van der Waals surface area contributed by atoms with E-state index in [2.05, 4.69) is 4.18 Å². The summed E-state index contributed by atoms with van der Waals surface area (Å²) < 4.78 is 68.7. The number of carbonyl (C=O) groups excluding carboxylic acids is 1. The molecule has 2 amide bonds. The van der Waals surface area contributed by atoms with E-state index in [9.17, 15) is 26.4 Å². The van der Waals surface area contributed by atoms with Gasteiger partial charge >= 0.3 is 21.7 Å². The number of amides is 2. The maximum absolute atomic E-state index is 12.5. The molecule has 3 aliphatic rings. The van der Waals surface area contributed by atoms with Gasteiger partial charge in [-0.25, -0.2) is 4.79 Å². The minimum Gasteiger partial charge on any atom is -0.462 e. The van der Waals surface area contributed by atoms with Gasteiger partial charge in [-0.15, -0.1) is 0 Å². The Balaban J connectivity index is 1.65. The summed E-state index contributed by atoms with van der Waals surface area (Å²) in [5.41, 5.74) is -4.63. The quantitative estimate of drug-likeness (QED) is 0.534. The zero-order chi connectivity index (χ0) is 19.7. The lowest BCUT2D eigenvalue weighted by Gasteiger charge is -2.26. The zero-order valence-corrected chi connectivity index (χ0v) is 14.7. The van der Waals surface area contributed by atoms with Gasteiger partial charge in [0, 0.05) is 12.7 Å². The number of rotatable bonds is 3. The third-order valence-electron chi connectivity index (χ3n) is 3.88. The summed E-state index contributed by atoms with van der Waals surface area (Å²) in [5.74, 6) is 0.0284. The molecule has 0 saturated heterocycles. The van der Waals surface area contributed by atoms with Gasteiger partial charge in [0.2, 0.25) is 0 Å². The summed E-state index contributed by atoms with van der Waals surface area (Å²) in [5, 5.41) is 0. The summed E-state index contributed by atoms with van der Waals surface area (Å²) >= 11 is 0. The molecule has 2 aliphatic heterocycles. The first-order valence-electron chi connectivity index (χ1n) is 7.85. The van der Waals surface area contributed by atoms with Crippen molar-refractivity contribution in [2.45, 2.75) is 18.3 Å². The summed E-state index contributed by atoms with van der Waals surface area (Å²) in [6.07, 6.45) is 12.6.